The molecule has 0 bridgehead atoms. The maximum atomic E-state index is 5.60. The molecule has 1 aromatic heterocycles. The van der Waals surface area contributed by atoms with Crippen LogP contribution in [0.4, 0.5) is 17.3 Å². The van der Waals surface area contributed by atoms with E-state index in [2.05, 4.69) is 4.98 Å². The second-order valence-corrected chi connectivity index (χ2v) is 2.90. The highest BCUT2D eigenvalue weighted by Gasteiger charge is 2.03. The molecule has 13 heavy (non-hydrogen) atoms. The van der Waals surface area contributed by atoms with Crippen LogP contribution in [-0.4, -0.2) is 11.2 Å². The number of halogens is 2. The average molecular weight is 243 g/mol. The third-order valence-corrected chi connectivity index (χ3v) is 2.07. The van der Waals surface area contributed by atoms with Crippen molar-refractivity contribution in [2.45, 2.75) is 4.90 Å². The molecule has 0 spiro atoms. The van der Waals surface area contributed by atoms with Crippen LogP contribution in [0.1, 0.15) is 0 Å². The summed E-state index contributed by atoms with van der Waals surface area (Å²) in [4.78, 5) is 4.67. The van der Waals surface area contributed by atoms with Crippen LogP contribution in [0.5, 0.6) is 0 Å². The molecule has 0 fully saturated rings. The Bertz CT molecular complexity index is 282. The fourth-order valence-electron chi connectivity index (χ4n) is 0.739. The summed E-state index contributed by atoms with van der Waals surface area (Å²) in [7, 11) is 0. The molecule has 1 heterocycles. The summed E-state index contributed by atoms with van der Waals surface area (Å²) in [5, 5.41) is 0. The molecule has 0 unspecified atom stereocenters. The summed E-state index contributed by atoms with van der Waals surface area (Å²) in [6, 6.07) is 1.70. The quantitative estimate of drug-likeness (QED) is 0.648. The predicted molar refractivity (Wildman–Crippen MR) is 63.8 cm³/mol. The Hall–Kier alpha value is -0.520. The molecule has 7 heteroatoms. The highest BCUT2D eigenvalue weighted by atomic mass is 35.5. The molecule has 6 N–H and O–H groups in total. The Labute approximate surface area is 93.5 Å². The van der Waals surface area contributed by atoms with E-state index in [0.717, 1.165) is 4.90 Å². The van der Waals surface area contributed by atoms with Crippen LogP contribution in [0.15, 0.2) is 11.0 Å². The molecular formula is C6H12Cl2N4S. The molecule has 0 aromatic carbocycles. The summed E-state index contributed by atoms with van der Waals surface area (Å²) in [6.45, 7) is 0. The molecule has 4 nitrogen and oxygen atoms in total. The fraction of sp³-hybridized carbons (Fsp3) is 0.167. The predicted octanol–water partition coefficient (Wildman–Crippen LogP) is 1.39. The number of rotatable bonds is 1. The SMILES string of the molecule is CSc1cc(N)nc(N)c1N.Cl.Cl. The first-order valence-electron chi connectivity index (χ1n) is 3.00. The Kier molecular flexibility index (Phi) is 6.93. The highest BCUT2D eigenvalue weighted by Crippen LogP contribution is 2.27. The zero-order valence-corrected chi connectivity index (χ0v) is 9.43. The molecule has 0 atom stereocenters. The van der Waals surface area contributed by atoms with Crippen LogP contribution in [0.2, 0.25) is 0 Å². The van der Waals surface area contributed by atoms with Gasteiger partial charge in [-0.05, 0) is 12.3 Å². The van der Waals surface area contributed by atoms with Gasteiger partial charge in [0.25, 0.3) is 0 Å². The minimum Gasteiger partial charge on any atom is -0.395 e. The van der Waals surface area contributed by atoms with Gasteiger partial charge in [0.1, 0.15) is 11.6 Å². The number of nitrogens with two attached hydrogens (primary N) is 3. The van der Waals surface area contributed by atoms with Crippen molar-refractivity contribution in [1.82, 2.24) is 4.98 Å². The molecule has 1 aromatic rings. The van der Waals surface area contributed by atoms with Crippen molar-refractivity contribution in [1.29, 1.82) is 0 Å². The van der Waals surface area contributed by atoms with Gasteiger partial charge in [0.05, 0.1) is 5.69 Å². The topological polar surface area (TPSA) is 90.9 Å². The Morgan fingerprint density at radius 2 is 1.77 bits per heavy atom. The molecule has 0 radical (unpaired) electrons. The summed E-state index contributed by atoms with van der Waals surface area (Å²) in [5.74, 6) is 0.704. The second-order valence-electron chi connectivity index (χ2n) is 2.05. The number of nitrogen functional groups attached to an aromatic ring is 3. The van der Waals surface area contributed by atoms with Crippen LogP contribution in [-0.2, 0) is 0 Å². The Morgan fingerprint density at radius 3 is 2.23 bits per heavy atom. The van der Waals surface area contributed by atoms with Crippen LogP contribution >= 0.6 is 36.6 Å². The maximum Gasteiger partial charge on any atom is 0.150 e. The van der Waals surface area contributed by atoms with Crippen LogP contribution < -0.4 is 17.2 Å². The van der Waals surface area contributed by atoms with E-state index in [1.165, 1.54) is 11.8 Å². The van der Waals surface area contributed by atoms with Gasteiger partial charge in [-0.3, -0.25) is 0 Å². The van der Waals surface area contributed by atoms with E-state index in [1.807, 2.05) is 6.26 Å². The largest absolute Gasteiger partial charge is 0.395 e. The van der Waals surface area contributed by atoms with Crippen LogP contribution in [0, 0.1) is 0 Å². The maximum absolute atomic E-state index is 5.60. The zero-order valence-electron chi connectivity index (χ0n) is 6.98. The third kappa shape index (κ3) is 3.38. The van der Waals surface area contributed by atoms with Crippen molar-refractivity contribution < 1.29 is 0 Å². The molecule has 0 amide bonds. The van der Waals surface area contributed by atoms with E-state index in [9.17, 15) is 0 Å². The molecular weight excluding hydrogens is 231 g/mol. The average Bonchev–Trinajstić information content (AvgIpc) is 1.96. The lowest BCUT2D eigenvalue weighted by Crippen LogP contribution is -2.02. The number of hydrogen-bond acceptors (Lipinski definition) is 5. The van der Waals surface area contributed by atoms with Gasteiger partial charge in [-0.1, -0.05) is 0 Å². The van der Waals surface area contributed by atoms with E-state index in [1.54, 1.807) is 6.07 Å². The van der Waals surface area contributed by atoms with Crippen molar-refractivity contribution in [2.75, 3.05) is 23.5 Å². The minimum absolute atomic E-state index is 0. The van der Waals surface area contributed by atoms with Gasteiger partial charge in [0.15, 0.2) is 0 Å². The lowest BCUT2D eigenvalue weighted by molar-refractivity contribution is 1.29. The number of pyridine rings is 1. The second kappa shape index (κ2) is 6.01. The molecule has 0 saturated carbocycles. The van der Waals surface area contributed by atoms with E-state index in [4.69, 9.17) is 17.2 Å². The van der Waals surface area contributed by atoms with Crippen LogP contribution in [0.25, 0.3) is 0 Å². The molecule has 0 aliphatic rings. The van der Waals surface area contributed by atoms with Gasteiger partial charge in [-0.15, -0.1) is 36.6 Å². The summed E-state index contributed by atoms with van der Waals surface area (Å²) >= 11 is 1.50. The fourth-order valence-corrected chi connectivity index (χ4v) is 1.30. The molecule has 1 rings (SSSR count). The third-order valence-electron chi connectivity index (χ3n) is 1.29. The zero-order chi connectivity index (χ0) is 8.43. The number of thioether (sulfide) groups is 1. The number of hydrogen-bond donors (Lipinski definition) is 3. The number of anilines is 3. The van der Waals surface area contributed by atoms with Crippen molar-refractivity contribution in [3.63, 3.8) is 0 Å². The standard InChI is InChI=1S/C6H10N4S.2ClH/c1-11-3-2-4(7)10-6(9)5(3)8;;/h2H,8H2,1H3,(H4,7,9,10);2*1H. The first-order chi connectivity index (χ1) is 5.15. The van der Waals surface area contributed by atoms with Gasteiger partial charge < -0.3 is 17.2 Å². The first kappa shape index (κ1) is 15.0. The van der Waals surface area contributed by atoms with E-state index < -0.39 is 0 Å². The van der Waals surface area contributed by atoms with E-state index in [-0.39, 0.29) is 24.8 Å². The lowest BCUT2D eigenvalue weighted by Gasteiger charge is -2.05. The Morgan fingerprint density at radius 1 is 1.23 bits per heavy atom. The van der Waals surface area contributed by atoms with Gasteiger partial charge in [-0.2, -0.15) is 0 Å². The molecule has 0 aliphatic heterocycles. The monoisotopic (exact) mass is 242 g/mol. The van der Waals surface area contributed by atoms with Gasteiger partial charge in [0, 0.05) is 4.90 Å². The molecule has 76 valence electrons. The Balaban J connectivity index is 0. The van der Waals surface area contributed by atoms with Crippen molar-refractivity contribution >= 4 is 53.9 Å². The lowest BCUT2D eigenvalue weighted by atomic mass is 10.4. The summed E-state index contributed by atoms with van der Waals surface area (Å²) < 4.78 is 0. The van der Waals surface area contributed by atoms with Gasteiger partial charge in [0.2, 0.25) is 0 Å². The van der Waals surface area contributed by atoms with E-state index >= 15 is 0 Å². The normalized spacial score (nSPS) is 8.38. The van der Waals surface area contributed by atoms with Gasteiger partial charge in [-0.25, -0.2) is 4.98 Å². The molecule has 0 aliphatic carbocycles. The van der Waals surface area contributed by atoms with Crippen LogP contribution in [0.3, 0.4) is 0 Å². The summed E-state index contributed by atoms with van der Waals surface area (Å²) in [5.41, 5.74) is 17.0. The molecule has 0 saturated heterocycles. The first-order valence-corrected chi connectivity index (χ1v) is 4.23. The van der Waals surface area contributed by atoms with Crippen molar-refractivity contribution in [3.8, 4) is 0 Å². The number of nitrogens with zero attached hydrogens (tertiary/aromatic N) is 1. The van der Waals surface area contributed by atoms with Crippen molar-refractivity contribution in [2.24, 2.45) is 0 Å². The number of aromatic nitrogens is 1. The smallest absolute Gasteiger partial charge is 0.150 e. The van der Waals surface area contributed by atoms with Crippen molar-refractivity contribution in [3.05, 3.63) is 6.07 Å². The van der Waals surface area contributed by atoms with Gasteiger partial charge >= 0.3 is 0 Å². The summed E-state index contributed by atoms with van der Waals surface area (Å²) in [6.07, 6.45) is 1.91. The highest BCUT2D eigenvalue weighted by molar-refractivity contribution is 7.98. The van der Waals surface area contributed by atoms with E-state index in [0.29, 0.717) is 17.3 Å². The minimum atomic E-state index is 0.